The molecule has 5 N–H and O–H groups in total. The Bertz CT molecular complexity index is 1790. The molecule has 2 aromatic rings. The van der Waals surface area contributed by atoms with Crippen molar-refractivity contribution in [3.63, 3.8) is 0 Å². The summed E-state index contributed by atoms with van der Waals surface area (Å²) in [5.74, 6) is -0.880. The maximum Gasteiger partial charge on any atom is 0.475 e. The van der Waals surface area contributed by atoms with Crippen LogP contribution in [0.1, 0.15) is 52.1 Å². The van der Waals surface area contributed by atoms with Crippen molar-refractivity contribution in [1.82, 2.24) is 19.1 Å². The number of nitrogens with one attached hydrogen (secondary N) is 1. The number of phosphoric ester groups is 1. The van der Waals surface area contributed by atoms with Gasteiger partial charge >= 0.3 is 19.2 Å². The predicted octanol–water partition coefficient (Wildman–Crippen LogP) is 0.911. The first-order valence-electron chi connectivity index (χ1n) is 15.4. The smallest absolute Gasteiger partial charge is 0.411 e. The number of hydrogen-bond donors (Lipinski definition) is 4. The van der Waals surface area contributed by atoms with Crippen LogP contribution in [0.3, 0.4) is 0 Å². The van der Waals surface area contributed by atoms with E-state index < -0.39 is 93.7 Å². The number of aliphatic hydroxyl groups excluding tert-OH is 1. The van der Waals surface area contributed by atoms with Crippen LogP contribution in [0, 0.1) is 12.8 Å². The zero-order valence-corrected chi connectivity index (χ0v) is 29.1. The minimum absolute atomic E-state index is 0.0321. The normalized spacial score (nSPS) is 38.3. The Kier molecular flexibility index (Phi) is 8.23. The molecule has 3 saturated heterocycles. The van der Waals surface area contributed by atoms with E-state index in [1.54, 1.807) is 13.8 Å². The van der Waals surface area contributed by atoms with Crippen LogP contribution >= 0.6 is 7.82 Å². The third-order valence-electron chi connectivity index (χ3n) is 10.4. The lowest BCUT2D eigenvalue weighted by molar-refractivity contribution is -0.233. The van der Waals surface area contributed by atoms with E-state index in [1.165, 1.54) is 23.0 Å². The van der Waals surface area contributed by atoms with Gasteiger partial charge in [-0.1, -0.05) is 27.7 Å². The highest BCUT2D eigenvalue weighted by atomic mass is 31.2. The first-order chi connectivity index (χ1) is 21.8. The molecule has 0 aromatic carbocycles. The fourth-order valence-electron chi connectivity index (χ4n) is 6.70. The molecule has 1 unspecified atom stereocenters. The number of nitrogens with two attached hydrogens (primary N) is 1. The number of ether oxygens (including phenoxy) is 2. The van der Waals surface area contributed by atoms with Crippen molar-refractivity contribution in [3.8, 4) is 0 Å². The van der Waals surface area contributed by atoms with E-state index in [0.29, 0.717) is 5.56 Å². The summed E-state index contributed by atoms with van der Waals surface area (Å²) >= 11 is 0. The van der Waals surface area contributed by atoms with Gasteiger partial charge in [0.25, 0.3) is 5.56 Å². The molecule has 0 radical (unpaired) electrons. The molecule has 4 aliphatic rings. The van der Waals surface area contributed by atoms with Crippen molar-refractivity contribution in [3.05, 3.63) is 55.3 Å². The Balaban J connectivity index is 1.26. The van der Waals surface area contributed by atoms with E-state index in [9.17, 15) is 29.2 Å². The molecule has 10 atom stereocenters. The van der Waals surface area contributed by atoms with Crippen molar-refractivity contribution in [2.24, 2.45) is 5.92 Å². The average Bonchev–Trinajstić information content (AvgIpc) is 3.51. The molecule has 3 aliphatic heterocycles. The molecule has 1 aliphatic carbocycles. The number of hydrogen-bond acceptors (Lipinski definition) is 14. The molecule has 260 valence electrons. The third-order valence-corrected chi connectivity index (χ3v) is 16.3. The molecule has 19 heteroatoms. The van der Waals surface area contributed by atoms with Gasteiger partial charge in [-0.15, -0.1) is 0 Å². The van der Waals surface area contributed by atoms with Gasteiger partial charge in [0.2, 0.25) is 0 Å². The molecule has 6 rings (SSSR count). The van der Waals surface area contributed by atoms with Crippen LogP contribution in [0.2, 0.25) is 18.1 Å². The first-order valence-corrected chi connectivity index (χ1v) is 19.8. The summed E-state index contributed by atoms with van der Waals surface area (Å²) in [6.45, 7) is 12.5. The molecular formula is C28H42N5O12PSi. The number of phosphoric acid groups is 1. The summed E-state index contributed by atoms with van der Waals surface area (Å²) in [4.78, 5) is 43.4. The van der Waals surface area contributed by atoms with Gasteiger partial charge in [-0.25, -0.2) is 14.2 Å². The zero-order valence-electron chi connectivity index (χ0n) is 27.2. The van der Waals surface area contributed by atoms with Crippen LogP contribution in [0.15, 0.2) is 32.8 Å². The lowest BCUT2D eigenvalue weighted by Crippen LogP contribution is -2.56. The second-order valence-corrected chi connectivity index (χ2v) is 20.6. The van der Waals surface area contributed by atoms with Gasteiger partial charge in [-0.3, -0.25) is 32.5 Å². The number of nitrogens with zero attached hydrogens (tertiary/aromatic N) is 3. The number of aromatic nitrogens is 4. The summed E-state index contributed by atoms with van der Waals surface area (Å²) in [5.41, 5.74) is 0.318. The summed E-state index contributed by atoms with van der Waals surface area (Å²) in [5, 5.41) is 22.4. The lowest BCUT2D eigenvalue weighted by atomic mass is 9.88. The second-order valence-electron chi connectivity index (χ2n) is 14.3. The number of H-pyrrole nitrogens is 1. The number of anilines is 1. The largest absolute Gasteiger partial charge is 0.475 e. The highest BCUT2D eigenvalue weighted by molar-refractivity contribution is 7.48. The van der Waals surface area contributed by atoms with Crippen molar-refractivity contribution < 1.29 is 42.2 Å². The molecule has 47 heavy (non-hydrogen) atoms. The number of nitrogen functional groups attached to an aromatic ring is 1. The van der Waals surface area contributed by atoms with E-state index in [0.717, 1.165) is 4.57 Å². The molecular weight excluding hydrogens is 657 g/mol. The fourth-order valence-corrected chi connectivity index (χ4v) is 9.80. The van der Waals surface area contributed by atoms with Gasteiger partial charge < -0.3 is 29.8 Å². The van der Waals surface area contributed by atoms with Crippen molar-refractivity contribution in [1.29, 1.82) is 0 Å². The van der Waals surface area contributed by atoms with Crippen LogP contribution in [0.5, 0.6) is 0 Å². The van der Waals surface area contributed by atoms with Crippen LogP contribution in [-0.4, -0.2) is 86.5 Å². The molecule has 4 fully saturated rings. The van der Waals surface area contributed by atoms with Gasteiger partial charge in [0.15, 0.2) is 20.1 Å². The summed E-state index contributed by atoms with van der Waals surface area (Å²) in [6, 6.07) is 1.35. The third kappa shape index (κ3) is 5.33. The van der Waals surface area contributed by atoms with Crippen LogP contribution in [0.25, 0.3) is 0 Å². The van der Waals surface area contributed by atoms with Gasteiger partial charge in [0.1, 0.15) is 36.0 Å². The summed E-state index contributed by atoms with van der Waals surface area (Å²) in [7, 11) is -6.86. The van der Waals surface area contributed by atoms with Crippen LogP contribution < -0.4 is 22.7 Å². The average molecular weight is 700 g/mol. The van der Waals surface area contributed by atoms with E-state index in [2.05, 4.69) is 43.8 Å². The minimum atomic E-state index is -4.46. The Morgan fingerprint density at radius 1 is 1.23 bits per heavy atom. The maximum absolute atomic E-state index is 14.1. The summed E-state index contributed by atoms with van der Waals surface area (Å²) in [6.07, 6.45) is -3.28. The molecule has 0 spiro atoms. The van der Waals surface area contributed by atoms with Gasteiger partial charge in [-0.05, 0) is 31.1 Å². The number of rotatable bonds is 8. The second kappa shape index (κ2) is 11.3. The number of aromatic amines is 1. The molecule has 2 aromatic heterocycles. The Morgan fingerprint density at radius 2 is 1.94 bits per heavy atom. The van der Waals surface area contributed by atoms with E-state index in [4.69, 9.17) is 33.2 Å². The van der Waals surface area contributed by atoms with E-state index in [1.807, 2.05) is 0 Å². The highest BCUT2D eigenvalue weighted by Crippen LogP contribution is 2.71. The van der Waals surface area contributed by atoms with E-state index in [-0.39, 0.29) is 23.9 Å². The quantitative estimate of drug-likeness (QED) is 0.222. The van der Waals surface area contributed by atoms with Crippen molar-refractivity contribution in [2.45, 2.75) is 107 Å². The minimum Gasteiger partial charge on any atom is -0.411 e. The van der Waals surface area contributed by atoms with Gasteiger partial charge in [0, 0.05) is 30.3 Å². The molecule has 1 saturated carbocycles. The molecule has 4 bridgehead atoms. The predicted molar refractivity (Wildman–Crippen MR) is 167 cm³/mol. The van der Waals surface area contributed by atoms with Gasteiger partial charge in [0.05, 0.1) is 19.3 Å². The van der Waals surface area contributed by atoms with Crippen molar-refractivity contribution >= 4 is 22.0 Å². The Hall–Kier alpha value is -2.51. The zero-order chi connectivity index (χ0) is 34.5. The van der Waals surface area contributed by atoms with Crippen LogP contribution in [0.4, 0.5) is 5.82 Å². The maximum atomic E-state index is 14.1. The standard InChI is InChI=1S/C28H42N5O12PSi/c1-14-11-33(25(37)31-21(14)35)19-10-16(45-47(6,7)26(3,4)5)17(41-19)12-40-46(39)43-20-15(2)28(38)22(44-46)27(20,13-34)42-23(28)32-9-8-18(29)30-24(32)36/h8-9,11,15-17,19-20,22-23,34,38H,10,12-13H2,1-7H3,(H2,29,30,36)(H,31,35,37)/t15-,16-,17+,19+,20+,22+,23+,27-,28+,46?/m0/s1. The fraction of sp³-hybridized carbons (Fsp3) is 0.714. The van der Waals surface area contributed by atoms with Crippen LogP contribution in [-0.2, 0) is 32.0 Å². The van der Waals surface area contributed by atoms with Crippen molar-refractivity contribution in [2.75, 3.05) is 18.9 Å². The lowest BCUT2D eigenvalue weighted by Gasteiger charge is -2.43. The van der Waals surface area contributed by atoms with Gasteiger partial charge in [-0.2, -0.15) is 4.98 Å². The summed E-state index contributed by atoms with van der Waals surface area (Å²) < 4.78 is 53.0. The topological polar surface area (TPSA) is 229 Å². The Labute approximate surface area is 270 Å². The Morgan fingerprint density at radius 3 is 2.57 bits per heavy atom. The molecule has 0 amide bonds. The monoisotopic (exact) mass is 699 g/mol. The highest BCUT2D eigenvalue weighted by Gasteiger charge is 2.82. The molecule has 17 nitrogen and oxygen atoms in total. The van der Waals surface area contributed by atoms with E-state index >= 15 is 0 Å². The number of aliphatic hydroxyl groups is 2. The number of aryl methyl sites for hydroxylation is 1. The molecule has 5 heterocycles. The SMILES string of the molecule is Cc1cn([C@H]2C[C@H](O[Si](C)(C)C(C)(C)C)[C@@H](COP3(=O)O[C@@H]4[C@H](C)[C@@]5(O)[C@H](O3)[C@@]4(CO)O[C@H]5n3ccc(N)nc3=O)O2)c(=O)[nH]c1=O. The first kappa shape index (κ1) is 34.4.